The summed E-state index contributed by atoms with van der Waals surface area (Å²) in [5.74, 6) is -1.26. The SMILES string of the molecule is CC1(C)[C@@H]2CC[C@]13CS(=O)(=O)N(C(=O)[C@@]1(C)N(N4C(=O)c5ccccc5C4=O)[C@]1(C)c1ccccc1)[C@@H]3C2. The molecule has 198 valence electrons. The molecule has 2 aromatic rings. The molecular weight excluding hydrogens is 502 g/mol. The van der Waals surface area contributed by atoms with Crippen LogP contribution in [0, 0.1) is 16.7 Å². The van der Waals surface area contributed by atoms with E-state index < -0.39 is 50.3 Å². The van der Waals surface area contributed by atoms with E-state index in [0.717, 1.165) is 27.7 Å². The summed E-state index contributed by atoms with van der Waals surface area (Å²) in [5.41, 5.74) is -1.96. The Morgan fingerprint density at radius 2 is 1.47 bits per heavy atom. The zero-order chi connectivity index (χ0) is 27.0. The highest BCUT2D eigenvalue weighted by molar-refractivity contribution is 7.90. The molecule has 2 bridgehead atoms. The fourth-order valence-electron chi connectivity index (χ4n) is 8.59. The van der Waals surface area contributed by atoms with Gasteiger partial charge in [0.1, 0.15) is 5.54 Å². The standard InChI is InChI=1S/C29H31N3O5S/c1-26(2)19-14-15-29(26)17-38(36,37)31(22(29)16-19)25(35)28(4)27(3,18-10-6-5-7-11-18)32(28)30-23(33)20-12-8-9-13-21(20)24(30)34/h5-13,19,22H,14-17H2,1-4H3/t19-,22-,27-,28-,29-,32?/m1/s1. The number of imide groups is 1. The highest BCUT2D eigenvalue weighted by atomic mass is 32.2. The predicted octanol–water partition coefficient (Wildman–Crippen LogP) is 3.55. The van der Waals surface area contributed by atoms with Crippen molar-refractivity contribution >= 4 is 27.7 Å². The number of hydrogen-bond donors (Lipinski definition) is 0. The maximum absolute atomic E-state index is 14.7. The Morgan fingerprint density at radius 1 is 0.895 bits per heavy atom. The Balaban J connectivity index is 1.36. The van der Waals surface area contributed by atoms with Crippen LogP contribution in [0.4, 0.5) is 0 Å². The van der Waals surface area contributed by atoms with E-state index in [1.54, 1.807) is 31.2 Å². The molecule has 9 heteroatoms. The van der Waals surface area contributed by atoms with Crippen LogP contribution in [0.2, 0.25) is 0 Å². The molecular formula is C29H31N3O5S. The Labute approximate surface area is 222 Å². The third-order valence-electron chi connectivity index (χ3n) is 11.1. The second-order valence-electron chi connectivity index (χ2n) is 12.5. The number of benzene rings is 2. The van der Waals surface area contributed by atoms with Crippen molar-refractivity contribution in [2.45, 2.75) is 64.1 Å². The average Bonchev–Trinajstić information content (AvgIpc) is 3.12. The summed E-state index contributed by atoms with van der Waals surface area (Å²) >= 11 is 0. The minimum atomic E-state index is -3.89. The number of carbonyl (C=O) groups excluding carboxylic acids is 3. The van der Waals surface area contributed by atoms with Gasteiger partial charge >= 0.3 is 0 Å². The summed E-state index contributed by atoms with van der Waals surface area (Å²) in [6, 6.07) is 15.4. The van der Waals surface area contributed by atoms with Gasteiger partial charge in [-0.05, 0) is 62.1 Å². The fraction of sp³-hybridized carbons (Fsp3) is 0.483. The first kappa shape index (κ1) is 24.0. The number of nitrogens with zero attached hydrogens (tertiary/aromatic N) is 3. The van der Waals surface area contributed by atoms with Crippen molar-refractivity contribution in [3.63, 3.8) is 0 Å². The molecule has 38 heavy (non-hydrogen) atoms. The van der Waals surface area contributed by atoms with Gasteiger partial charge in [0, 0.05) is 5.41 Å². The lowest BCUT2D eigenvalue weighted by Crippen LogP contribution is -2.51. The van der Waals surface area contributed by atoms with Crippen molar-refractivity contribution < 1.29 is 22.8 Å². The second-order valence-corrected chi connectivity index (χ2v) is 14.4. The van der Waals surface area contributed by atoms with E-state index in [1.165, 1.54) is 5.01 Å². The summed E-state index contributed by atoms with van der Waals surface area (Å²) in [5, 5.41) is 2.57. The third-order valence-corrected chi connectivity index (χ3v) is 13.0. The number of fused-ring (bicyclic) bond motifs is 2. The number of carbonyl (C=O) groups is 3. The Hall–Kier alpha value is -3.04. The topological polar surface area (TPSA) is 94.8 Å². The van der Waals surface area contributed by atoms with Crippen molar-refractivity contribution in [3.8, 4) is 0 Å². The number of rotatable bonds is 3. The molecule has 2 aliphatic carbocycles. The first-order valence-electron chi connectivity index (χ1n) is 13.2. The quantitative estimate of drug-likeness (QED) is 0.442. The molecule has 1 spiro atoms. The maximum atomic E-state index is 14.7. The van der Waals surface area contributed by atoms with E-state index in [9.17, 15) is 22.8 Å². The van der Waals surface area contributed by atoms with Crippen LogP contribution in [-0.2, 0) is 20.4 Å². The second kappa shape index (κ2) is 6.93. The molecule has 0 radical (unpaired) electrons. The summed E-state index contributed by atoms with van der Waals surface area (Å²) < 4.78 is 28.7. The van der Waals surface area contributed by atoms with Gasteiger partial charge in [0.05, 0.1) is 28.5 Å². The van der Waals surface area contributed by atoms with E-state index >= 15 is 0 Å². The van der Waals surface area contributed by atoms with Crippen LogP contribution in [0.5, 0.6) is 0 Å². The lowest BCUT2D eigenvalue weighted by Gasteiger charge is -2.37. The van der Waals surface area contributed by atoms with E-state index in [4.69, 9.17) is 0 Å². The van der Waals surface area contributed by atoms with Crippen LogP contribution in [0.15, 0.2) is 54.6 Å². The molecule has 3 heterocycles. The van der Waals surface area contributed by atoms with Gasteiger partial charge in [0.15, 0.2) is 0 Å². The van der Waals surface area contributed by atoms with E-state index in [-0.39, 0.29) is 22.3 Å². The predicted molar refractivity (Wildman–Crippen MR) is 139 cm³/mol. The average molecular weight is 534 g/mol. The molecule has 8 nitrogen and oxygen atoms in total. The zero-order valence-electron chi connectivity index (χ0n) is 22.0. The monoisotopic (exact) mass is 533 g/mol. The number of sulfonamides is 1. The Bertz CT molecular complexity index is 1520. The summed E-state index contributed by atoms with van der Waals surface area (Å²) in [6.07, 6.45) is 2.41. The van der Waals surface area contributed by atoms with Crippen molar-refractivity contribution in [2.75, 3.05) is 5.75 Å². The largest absolute Gasteiger partial charge is 0.276 e. The normalized spacial score (nSPS) is 39.4. The van der Waals surface area contributed by atoms with Crippen molar-refractivity contribution in [1.82, 2.24) is 14.3 Å². The molecule has 5 aliphatic rings. The van der Waals surface area contributed by atoms with Gasteiger partial charge in [0.2, 0.25) is 10.0 Å². The molecule has 4 fully saturated rings. The minimum absolute atomic E-state index is 0.0367. The lowest BCUT2D eigenvalue weighted by molar-refractivity contribution is -0.133. The van der Waals surface area contributed by atoms with E-state index in [1.807, 2.05) is 37.3 Å². The summed E-state index contributed by atoms with van der Waals surface area (Å²) in [4.78, 5) is 41.8. The third kappa shape index (κ3) is 2.42. The van der Waals surface area contributed by atoms with Gasteiger partial charge in [0.25, 0.3) is 17.7 Å². The molecule has 6 atom stereocenters. The van der Waals surface area contributed by atoms with Crippen LogP contribution in [-0.4, -0.2) is 57.8 Å². The van der Waals surface area contributed by atoms with Gasteiger partial charge < -0.3 is 0 Å². The number of hydrazine groups is 1. The molecule has 0 N–H and O–H groups in total. The zero-order valence-corrected chi connectivity index (χ0v) is 22.8. The number of amides is 3. The molecule has 3 amide bonds. The van der Waals surface area contributed by atoms with Gasteiger partial charge in [-0.2, -0.15) is 10.0 Å². The highest BCUT2D eigenvalue weighted by Crippen LogP contribution is 2.71. The summed E-state index contributed by atoms with van der Waals surface area (Å²) in [6.45, 7) is 7.77. The molecule has 2 saturated heterocycles. The molecule has 2 aromatic carbocycles. The molecule has 0 aromatic heterocycles. The summed E-state index contributed by atoms with van der Waals surface area (Å²) in [7, 11) is -3.89. The van der Waals surface area contributed by atoms with Gasteiger partial charge in [-0.3, -0.25) is 14.4 Å². The van der Waals surface area contributed by atoms with Crippen LogP contribution < -0.4 is 0 Å². The molecule has 2 saturated carbocycles. The van der Waals surface area contributed by atoms with E-state index in [0.29, 0.717) is 12.3 Å². The van der Waals surface area contributed by atoms with Crippen LogP contribution in [0.3, 0.4) is 0 Å². The fourth-order valence-corrected chi connectivity index (χ4v) is 11.2. The number of hydrogen-bond acceptors (Lipinski definition) is 6. The van der Waals surface area contributed by atoms with E-state index in [2.05, 4.69) is 13.8 Å². The van der Waals surface area contributed by atoms with Crippen LogP contribution in [0.25, 0.3) is 0 Å². The molecule has 7 rings (SSSR count). The lowest BCUT2D eigenvalue weighted by atomic mass is 9.69. The van der Waals surface area contributed by atoms with Gasteiger partial charge in [-0.1, -0.05) is 56.3 Å². The smallest absolute Gasteiger partial charge is 0.271 e. The van der Waals surface area contributed by atoms with Gasteiger partial charge in [-0.15, -0.1) is 0 Å². The first-order valence-corrected chi connectivity index (χ1v) is 14.8. The molecule has 1 unspecified atom stereocenters. The minimum Gasteiger partial charge on any atom is -0.271 e. The molecule has 3 aliphatic heterocycles. The van der Waals surface area contributed by atoms with Gasteiger partial charge in [-0.25, -0.2) is 12.7 Å². The Morgan fingerprint density at radius 3 is 2.05 bits per heavy atom. The van der Waals surface area contributed by atoms with Crippen LogP contribution in [0.1, 0.15) is 73.2 Å². The van der Waals surface area contributed by atoms with Crippen molar-refractivity contribution in [3.05, 3.63) is 71.3 Å². The van der Waals surface area contributed by atoms with Crippen molar-refractivity contribution in [1.29, 1.82) is 0 Å². The maximum Gasteiger partial charge on any atom is 0.276 e. The first-order chi connectivity index (χ1) is 17.8. The highest BCUT2D eigenvalue weighted by Gasteiger charge is 2.82. The van der Waals surface area contributed by atoms with Crippen LogP contribution >= 0.6 is 0 Å². The Kier molecular flexibility index (Phi) is 4.38. The van der Waals surface area contributed by atoms with Crippen molar-refractivity contribution in [2.24, 2.45) is 16.7 Å².